The molecule has 2 atom stereocenters. The first-order chi connectivity index (χ1) is 17.2. The van der Waals surface area contributed by atoms with Crippen LogP contribution in [0.4, 0.5) is 13.2 Å². The van der Waals surface area contributed by atoms with Crippen LogP contribution in [-0.2, 0) is 19.8 Å². The monoisotopic (exact) mass is 513 g/mol. The van der Waals surface area contributed by atoms with Crippen molar-refractivity contribution in [2.24, 2.45) is 12.0 Å². The molecule has 0 amide bonds. The van der Waals surface area contributed by atoms with Gasteiger partial charge in [-0.2, -0.15) is 13.2 Å². The van der Waals surface area contributed by atoms with E-state index in [1.807, 2.05) is 34.9 Å². The Labute approximate surface area is 209 Å². The van der Waals surface area contributed by atoms with E-state index in [2.05, 4.69) is 5.32 Å². The van der Waals surface area contributed by atoms with Crippen molar-refractivity contribution in [2.45, 2.75) is 55.4 Å². The lowest BCUT2D eigenvalue weighted by atomic mass is 9.91. The van der Waals surface area contributed by atoms with E-state index in [-0.39, 0.29) is 34.9 Å². The van der Waals surface area contributed by atoms with Crippen molar-refractivity contribution in [1.29, 1.82) is 5.41 Å². The number of alkyl halides is 3. The third-order valence-electron chi connectivity index (χ3n) is 6.74. The molecule has 0 bridgehead atoms. The number of hydrogen-bond donors (Lipinski definition) is 2. The van der Waals surface area contributed by atoms with Crippen molar-refractivity contribution < 1.29 is 13.2 Å². The topological polar surface area (TPSA) is 75.2 Å². The Balaban J connectivity index is 1.61. The maximum Gasteiger partial charge on any atom is 0.416 e. The number of rotatable bonds is 5. The quantitative estimate of drug-likeness (QED) is 0.514. The molecule has 1 aromatic heterocycles. The maximum absolute atomic E-state index is 13.5. The normalized spacial score (nSPS) is 19.8. The van der Waals surface area contributed by atoms with E-state index in [0.29, 0.717) is 16.2 Å². The van der Waals surface area contributed by atoms with Crippen LogP contribution < -0.4 is 27.2 Å². The first-order valence-electron chi connectivity index (χ1n) is 11.8. The minimum Gasteiger partial charge on any atom is -0.375 e. The second-order valence-corrected chi connectivity index (χ2v) is 10.2. The molecule has 36 heavy (non-hydrogen) atoms. The van der Waals surface area contributed by atoms with Crippen LogP contribution in [0, 0.1) is 5.41 Å². The van der Waals surface area contributed by atoms with E-state index in [9.17, 15) is 18.0 Å². The minimum absolute atomic E-state index is 0.0599. The molecule has 5 rings (SSSR count). The standard InChI is InChI=1S/C26H26F3N5OS/c1-33-24(35)21(22(30)34-20-10-6-5-9-19(20)32-25(33)34)23(36-18-7-3-2-4-8-18)31-15-16-11-13-17(14-12-16)26(27,28)29/h2-4,7-8,11-14,19-20,30-31H,5-6,9-10,15H2,1H3/b23-21-,30-22?. The lowest BCUT2D eigenvalue weighted by Gasteiger charge is -2.25. The molecule has 2 heterocycles. The third-order valence-corrected chi connectivity index (χ3v) is 7.80. The van der Waals surface area contributed by atoms with Crippen LogP contribution in [-0.4, -0.2) is 15.2 Å². The van der Waals surface area contributed by atoms with E-state index in [0.717, 1.165) is 42.7 Å². The summed E-state index contributed by atoms with van der Waals surface area (Å²) < 4.78 is 42.3. The number of aromatic nitrogens is 2. The molecule has 188 valence electrons. The first kappa shape index (κ1) is 24.4. The molecule has 1 aliphatic carbocycles. The minimum atomic E-state index is -4.40. The second-order valence-electron chi connectivity index (χ2n) is 9.10. The van der Waals surface area contributed by atoms with E-state index < -0.39 is 11.7 Å². The molecule has 6 nitrogen and oxygen atoms in total. The Kier molecular flexibility index (Phi) is 6.55. The van der Waals surface area contributed by atoms with Crippen LogP contribution >= 0.6 is 11.8 Å². The number of benzene rings is 2. The zero-order valence-corrected chi connectivity index (χ0v) is 20.5. The van der Waals surface area contributed by atoms with Gasteiger partial charge in [0.1, 0.15) is 10.7 Å². The highest BCUT2D eigenvalue weighted by Gasteiger charge is 2.33. The van der Waals surface area contributed by atoms with Gasteiger partial charge >= 0.3 is 6.18 Å². The van der Waals surface area contributed by atoms with Gasteiger partial charge in [0.2, 0.25) is 5.62 Å². The molecular weight excluding hydrogens is 487 g/mol. The predicted octanol–water partition coefficient (Wildman–Crippen LogP) is 3.45. The van der Waals surface area contributed by atoms with Crippen LogP contribution in [0.15, 0.2) is 69.3 Å². The van der Waals surface area contributed by atoms with Crippen molar-refractivity contribution in [2.75, 3.05) is 0 Å². The van der Waals surface area contributed by atoms with Crippen molar-refractivity contribution in [3.8, 4) is 0 Å². The average Bonchev–Trinajstić information content (AvgIpc) is 3.26. The highest BCUT2D eigenvalue weighted by atomic mass is 32.2. The molecule has 1 saturated carbocycles. The molecule has 1 fully saturated rings. The number of nitrogens with zero attached hydrogens (tertiary/aromatic N) is 3. The van der Waals surface area contributed by atoms with Gasteiger partial charge in [0.15, 0.2) is 0 Å². The second kappa shape index (κ2) is 9.65. The lowest BCUT2D eigenvalue weighted by Crippen LogP contribution is -2.58. The smallest absolute Gasteiger partial charge is 0.375 e. The first-order valence-corrected chi connectivity index (χ1v) is 12.7. The van der Waals surface area contributed by atoms with Crippen molar-refractivity contribution in [3.63, 3.8) is 0 Å². The Morgan fingerprint density at radius 2 is 1.81 bits per heavy atom. The molecule has 2 unspecified atom stereocenters. The summed E-state index contributed by atoms with van der Waals surface area (Å²) in [6.07, 6.45) is -0.403. The van der Waals surface area contributed by atoms with Gasteiger partial charge in [-0.15, -0.1) is 0 Å². The van der Waals surface area contributed by atoms with E-state index in [1.54, 1.807) is 7.05 Å². The molecule has 10 heteroatoms. The van der Waals surface area contributed by atoms with E-state index >= 15 is 0 Å². The van der Waals surface area contributed by atoms with Crippen LogP contribution in [0.2, 0.25) is 0 Å². The summed E-state index contributed by atoms with van der Waals surface area (Å²) in [5.41, 5.74) is 0.236. The highest BCUT2D eigenvalue weighted by molar-refractivity contribution is 8.07. The van der Waals surface area contributed by atoms with Crippen LogP contribution in [0.3, 0.4) is 0 Å². The lowest BCUT2D eigenvalue weighted by molar-refractivity contribution is -0.137. The number of fused-ring (bicyclic) bond motifs is 3. The molecule has 2 aromatic carbocycles. The van der Waals surface area contributed by atoms with Crippen LogP contribution in [0.1, 0.15) is 42.9 Å². The molecule has 0 saturated heterocycles. The van der Waals surface area contributed by atoms with Crippen molar-refractivity contribution >= 4 is 16.8 Å². The summed E-state index contributed by atoms with van der Waals surface area (Å²) >= 11 is 1.33. The van der Waals surface area contributed by atoms with E-state index in [1.165, 1.54) is 28.5 Å². The van der Waals surface area contributed by atoms with E-state index in [4.69, 9.17) is 10.4 Å². The summed E-state index contributed by atoms with van der Waals surface area (Å²) in [7, 11) is 1.68. The molecule has 1 aliphatic heterocycles. The van der Waals surface area contributed by atoms with Gasteiger partial charge in [-0.05, 0) is 42.7 Å². The largest absolute Gasteiger partial charge is 0.416 e. The third kappa shape index (κ3) is 4.61. The summed E-state index contributed by atoms with van der Waals surface area (Å²) in [4.78, 5) is 19.2. The highest BCUT2D eigenvalue weighted by Crippen LogP contribution is 2.31. The van der Waals surface area contributed by atoms with Gasteiger partial charge in [0.25, 0.3) is 5.56 Å². The average molecular weight is 514 g/mol. The fraction of sp³-hybridized carbons (Fsp3) is 0.346. The van der Waals surface area contributed by atoms with Gasteiger partial charge < -0.3 is 5.32 Å². The van der Waals surface area contributed by atoms with Crippen molar-refractivity contribution in [1.82, 2.24) is 14.5 Å². The molecule has 0 radical (unpaired) electrons. The fourth-order valence-corrected chi connectivity index (χ4v) is 5.84. The number of thioether (sulfide) groups is 1. The molecule has 0 spiro atoms. The molecular formula is C26H26F3N5OS. The Morgan fingerprint density at radius 3 is 2.50 bits per heavy atom. The van der Waals surface area contributed by atoms with Crippen LogP contribution in [0.5, 0.6) is 0 Å². The zero-order valence-electron chi connectivity index (χ0n) is 19.7. The van der Waals surface area contributed by atoms with Gasteiger partial charge in [0.05, 0.1) is 22.7 Å². The summed E-state index contributed by atoms with van der Waals surface area (Å²) in [6.45, 7) is 0.202. The van der Waals surface area contributed by atoms with Gasteiger partial charge in [0, 0.05) is 18.5 Å². The van der Waals surface area contributed by atoms with Gasteiger partial charge in [-0.1, -0.05) is 54.9 Å². The molecule has 3 aromatic rings. The Bertz CT molecular complexity index is 1510. The summed E-state index contributed by atoms with van der Waals surface area (Å²) in [6, 6.07) is 14.6. The Morgan fingerprint density at radius 1 is 1.11 bits per heavy atom. The zero-order chi connectivity index (χ0) is 25.4. The number of nitrogens with one attached hydrogen (secondary N) is 2. The number of halogens is 3. The van der Waals surface area contributed by atoms with Gasteiger partial charge in [-0.3, -0.25) is 19.3 Å². The Hall–Kier alpha value is -3.27. The fourth-order valence-electron chi connectivity index (χ4n) is 4.88. The maximum atomic E-state index is 13.5. The van der Waals surface area contributed by atoms with Crippen molar-refractivity contribution in [3.05, 3.63) is 92.4 Å². The summed E-state index contributed by atoms with van der Waals surface area (Å²) in [5.74, 6) is 0. The molecule has 2 N–H and O–H groups in total. The molecule has 2 aliphatic rings. The number of hydrogen-bond acceptors (Lipinski definition) is 5. The SMILES string of the molecule is Cn1c(=O)/c(=C(/NCc2ccc(C(F)(F)F)cc2)Sc2ccccc2)c(=N)n2c1=NC1CCCCC12. The van der Waals surface area contributed by atoms with Crippen LogP contribution in [0.25, 0.3) is 5.03 Å². The van der Waals surface area contributed by atoms with Gasteiger partial charge in [-0.25, -0.2) is 4.99 Å². The predicted molar refractivity (Wildman–Crippen MR) is 132 cm³/mol. The summed E-state index contributed by atoms with van der Waals surface area (Å²) in [5, 5.41) is 13.0.